The van der Waals surface area contributed by atoms with Gasteiger partial charge in [-0.05, 0) is 36.2 Å². The molecule has 0 unspecified atom stereocenters. The fraction of sp³-hybridized carbons (Fsp3) is 0.222. The second-order valence-corrected chi connectivity index (χ2v) is 4.93. The van der Waals surface area contributed by atoms with Gasteiger partial charge in [0, 0.05) is 12.2 Å². The van der Waals surface area contributed by atoms with Crippen molar-refractivity contribution >= 4 is 11.8 Å². The number of benzene rings is 2. The lowest BCUT2D eigenvalue weighted by Gasteiger charge is -2.35. The Bertz CT molecular complexity index is 633. The number of anilines is 1. The van der Waals surface area contributed by atoms with Gasteiger partial charge in [-0.3, -0.25) is 0 Å². The Morgan fingerprint density at radius 2 is 1.95 bits per heavy atom. The summed E-state index contributed by atoms with van der Waals surface area (Å²) in [4.78, 5) is 2.42. The molecule has 1 heterocycles. The van der Waals surface area contributed by atoms with E-state index in [1.807, 2.05) is 6.07 Å². The van der Waals surface area contributed by atoms with Crippen molar-refractivity contribution < 1.29 is 4.74 Å². The summed E-state index contributed by atoms with van der Waals surface area (Å²) in [6.07, 6.45) is 4.48. The largest absolute Gasteiger partial charge is 0.497 e. The quantitative estimate of drug-likeness (QED) is 0.821. The van der Waals surface area contributed by atoms with E-state index in [9.17, 15) is 0 Å². The molecule has 2 nitrogen and oxygen atoms in total. The highest BCUT2D eigenvalue weighted by atomic mass is 16.5. The van der Waals surface area contributed by atoms with Crippen molar-refractivity contribution in [2.24, 2.45) is 0 Å². The van der Waals surface area contributed by atoms with Crippen LogP contribution in [-0.4, -0.2) is 13.7 Å². The third kappa shape index (κ3) is 2.18. The molecular formula is C18H19NO. The van der Waals surface area contributed by atoms with Gasteiger partial charge in [0.1, 0.15) is 5.75 Å². The van der Waals surface area contributed by atoms with Crippen LogP contribution in [0.4, 0.5) is 5.69 Å². The zero-order valence-corrected chi connectivity index (χ0v) is 11.9. The van der Waals surface area contributed by atoms with Crippen molar-refractivity contribution in [3.05, 3.63) is 65.7 Å². The van der Waals surface area contributed by atoms with Gasteiger partial charge in [0.15, 0.2) is 0 Å². The van der Waals surface area contributed by atoms with Gasteiger partial charge in [0.25, 0.3) is 0 Å². The first-order valence-electron chi connectivity index (χ1n) is 7.01. The van der Waals surface area contributed by atoms with E-state index in [0.29, 0.717) is 0 Å². The number of nitrogens with zero attached hydrogens (tertiary/aromatic N) is 1. The smallest absolute Gasteiger partial charge is 0.119 e. The van der Waals surface area contributed by atoms with Crippen LogP contribution in [-0.2, 0) is 0 Å². The highest BCUT2D eigenvalue weighted by Crippen LogP contribution is 2.36. The van der Waals surface area contributed by atoms with Crippen LogP contribution in [0, 0.1) is 0 Å². The van der Waals surface area contributed by atoms with E-state index >= 15 is 0 Å². The van der Waals surface area contributed by atoms with Crippen molar-refractivity contribution in [2.45, 2.75) is 13.0 Å². The summed E-state index contributed by atoms with van der Waals surface area (Å²) in [7, 11) is 1.71. The van der Waals surface area contributed by atoms with Crippen molar-refractivity contribution in [3.8, 4) is 5.75 Å². The minimum Gasteiger partial charge on any atom is -0.497 e. The number of likely N-dealkylation sites (N-methyl/N-ethyl adjacent to an activating group) is 1. The number of hydrogen-bond acceptors (Lipinski definition) is 2. The number of methoxy groups -OCH3 is 1. The number of para-hydroxylation sites is 1. The number of fused-ring (bicyclic) bond motifs is 1. The summed E-state index contributed by atoms with van der Waals surface area (Å²) in [6, 6.07) is 17.1. The van der Waals surface area contributed by atoms with E-state index in [2.05, 4.69) is 66.4 Å². The van der Waals surface area contributed by atoms with Gasteiger partial charge >= 0.3 is 0 Å². The molecule has 2 heteroatoms. The van der Waals surface area contributed by atoms with Crippen molar-refractivity contribution in [2.75, 3.05) is 18.6 Å². The molecule has 1 aliphatic rings. The summed E-state index contributed by atoms with van der Waals surface area (Å²) >= 11 is 0. The standard InChI is InChI=1S/C18H19NO/c1-3-19-17-10-5-4-7-14(17)11-12-18(19)15-8-6-9-16(13-15)20-2/h4-13,18H,3H2,1-2H3/t18-/m1/s1. The first kappa shape index (κ1) is 12.8. The number of ether oxygens (including phenoxy) is 1. The fourth-order valence-corrected chi connectivity index (χ4v) is 2.82. The summed E-state index contributed by atoms with van der Waals surface area (Å²) in [5.41, 5.74) is 3.84. The van der Waals surface area contributed by atoms with Crippen LogP contribution < -0.4 is 9.64 Å². The van der Waals surface area contributed by atoms with E-state index in [-0.39, 0.29) is 6.04 Å². The Morgan fingerprint density at radius 3 is 2.75 bits per heavy atom. The van der Waals surface area contributed by atoms with Crippen molar-refractivity contribution in [1.82, 2.24) is 0 Å². The van der Waals surface area contributed by atoms with Gasteiger partial charge in [-0.25, -0.2) is 0 Å². The van der Waals surface area contributed by atoms with Crippen LogP contribution in [0.3, 0.4) is 0 Å². The van der Waals surface area contributed by atoms with Gasteiger partial charge in [0.05, 0.1) is 13.2 Å². The maximum absolute atomic E-state index is 5.34. The molecule has 102 valence electrons. The van der Waals surface area contributed by atoms with Crippen LogP contribution in [0.1, 0.15) is 24.1 Å². The molecule has 0 aliphatic carbocycles. The molecule has 2 aromatic rings. The predicted molar refractivity (Wildman–Crippen MR) is 84.2 cm³/mol. The molecule has 2 aromatic carbocycles. The molecule has 20 heavy (non-hydrogen) atoms. The third-order valence-electron chi connectivity index (χ3n) is 3.82. The van der Waals surface area contributed by atoms with Crippen molar-refractivity contribution in [3.63, 3.8) is 0 Å². The lowest BCUT2D eigenvalue weighted by Crippen LogP contribution is -2.29. The van der Waals surface area contributed by atoms with Gasteiger partial charge in [-0.2, -0.15) is 0 Å². The Balaban J connectivity index is 2.02. The normalized spacial score (nSPS) is 16.9. The first-order valence-corrected chi connectivity index (χ1v) is 7.01. The van der Waals surface area contributed by atoms with Crippen LogP contribution in [0.5, 0.6) is 5.75 Å². The molecule has 3 rings (SSSR count). The van der Waals surface area contributed by atoms with Crippen LogP contribution in [0.25, 0.3) is 6.08 Å². The molecule has 0 N–H and O–H groups in total. The molecule has 0 bridgehead atoms. The van der Waals surface area contributed by atoms with Crippen LogP contribution in [0.2, 0.25) is 0 Å². The Morgan fingerprint density at radius 1 is 1.10 bits per heavy atom. The predicted octanol–water partition coefficient (Wildman–Crippen LogP) is 4.29. The monoisotopic (exact) mass is 265 g/mol. The third-order valence-corrected chi connectivity index (χ3v) is 3.82. The van der Waals surface area contributed by atoms with E-state index < -0.39 is 0 Å². The molecule has 0 radical (unpaired) electrons. The molecule has 1 aliphatic heterocycles. The lowest BCUT2D eigenvalue weighted by molar-refractivity contribution is 0.414. The van der Waals surface area contributed by atoms with E-state index in [1.54, 1.807) is 7.11 Å². The summed E-state index contributed by atoms with van der Waals surface area (Å²) in [5.74, 6) is 0.908. The molecule has 0 saturated heterocycles. The van der Waals surface area contributed by atoms with Gasteiger partial charge in [0.2, 0.25) is 0 Å². The van der Waals surface area contributed by atoms with E-state index in [4.69, 9.17) is 4.74 Å². The molecule has 0 fully saturated rings. The molecular weight excluding hydrogens is 246 g/mol. The van der Waals surface area contributed by atoms with Crippen LogP contribution >= 0.6 is 0 Å². The Labute approximate surface area is 120 Å². The topological polar surface area (TPSA) is 12.5 Å². The number of hydrogen-bond donors (Lipinski definition) is 0. The summed E-state index contributed by atoms with van der Waals surface area (Å²) in [6.45, 7) is 3.17. The Hall–Kier alpha value is -2.22. The average molecular weight is 265 g/mol. The van der Waals surface area contributed by atoms with E-state index in [1.165, 1.54) is 16.8 Å². The highest BCUT2D eigenvalue weighted by Gasteiger charge is 2.22. The lowest BCUT2D eigenvalue weighted by atomic mass is 9.97. The van der Waals surface area contributed by atoms with Gasteiger partial charge in [-0.15, -0.1) is 0 Å². The first-order chi connectivity index (χ1) is 9.83. The summed E-state index contributed by atoms with van der Waals surface area (Å²) < 4.78 is 5.34. The fourth-order valence-electron chi connectivity index (χ4n) is 2.82. The zero-order valence-electron chi connectivity index (χ0n) is 11.9. The highest BCUT2D eigenvalue weighted by molar-refractivity contribution is 5.73. The molecule has 1 atom stereocenters. The number of rotatable bonds is 3. The van der Waals surface area contributed by atoms with Crippen molar-refractivity contribution in [1.29, 1.82) is 0 Å². The minimum absolute atomic E-state index is 0.269. The molecule has 0 aromatic heterocycles. The minimum atomic E-state index is 0.269. The van der Waals surface area contributed by atoms with Crippen LogP contribution in [0.15, 0.2) is 54.6 Å². The van der Waals surface area contributed by atoms with E-state index in [0.717, 1.165) is 12.3 Å². The van der Waals surface area contributed by atoms with Gasteiger partial charge < -0.3 is 9.64 Å². The SMILES string of the molecule is CCN1c2ccccc2C=C[C@@H]1c1cccc(OC)c1. The van der Waals surface area contributed by atoms with Gasteiger partial charge in [-0.1, -0.05) is 42.5 Å². The maximum Gasteiger partial charge on any atom is 0.119 e. The summed E-state index contributed by atoms with van der Waals surface area (Å²) in [5, 5.41) is 0. The molecule has 0 spiro atoms. The zero-order chi connectivity index (χ0) is 13.9. The Kier molecular flexibility index (Phi) is 3.46. The molecule has 0 amide bonds. The molecule has 0 saturated carbocycles. The average Bonchev–Trinajstić information content (AvgIpc) is 2.53. The second kappa shape index (κ2) is 5.41. The maximum atomic E-state index is 5.34. The second-order valence-electron chi connectivity index (χ2n) is 4.93.